The van der Waals surface area contributed by atoms with Gasteiger partial charge in [-0.05, 0) is 74.0 Å². The van der Waals surface area contributed by atoms with E-state index in [0.717, 1.165) is 35.0 Å². The molecule has 1 amide bonds. The lowest BCUT2D eigenvalue weighted by Gasteiger charge is -2.60. The molecule has 0 radical (unpaired) electrons. The van der Waals surface area contributed by atoms with Crippen LogP contribution in [0.15, 0.2) is 22.6 Å². The molecule has 0 saturated heterocycles. The highest BCUT2D eigenvalue weighted by Gasteiger charge is 2.57. The Hall–Kier alpha value is -1.36. The molecule has 132 valence electrons. The van der Waals surface area contributed by atoms with Crippen LogP contribution >= 0.6 is 15.9 Å². The molecule has 1 aromatic heterocycles. The van der Waals surface area contributed by atoms with Crippen molar-refractivity contribution in [2.45, 2.75) is 56.2 Å². The third-order valence-electron chi connectivity index (χ3n) is 6.42. The Balaban J connectivity index is 1.33. The molecule has 25 heavy (non-hydrogen) atoms. The fraction of sp³-hybridized carbons (Fsp3) is 0.600. The van der Waals surface area contributed by atoms with Crippen LogP contribution in [0.4, 0.5) is 5.69 Å². The van der Waals surface area contributed by atoms with Gasteiger partial charge in [-0.1, -0.05) is 15.9 Å². The minimum absolute atomic E-state index is 0.137. The van der Waals surface area contributed by atoms with Crippen LogP contribution in [0.3, 0.4) is 0 Å². The van der Waals surface area contributed by atoms with Crippen molar-refractivity contribution in [3.8, 4) is 0 Å². The average Bonchev–Trinajstić information content (AvgIpc) is 2.83. The van der Waals surface area contributed by atoms with E-state index in [9.17, 15) is 4.79 Å². The molecule has 4 aliphatic rings. The summed E-state index contributed by atoms with van der Waals surface area (Å²) in [7, 11) is 0. The highest BCUT2D eigenvalue weighted by Crippen LogP contribution is 2.65. The largest absolute Gasteiger partial charge is 0.441 e. The van der Waals surface area contributed by atoms with Crippen molar-refractivity contribution in [2.75, 3.05) is 5.32 Å². The first-order valence-corrected chi connectivity index (χ1v) is 10.1. The smallest absolute Gasteiger partial charge is 0.224 e. The molecule has 4 nitrogen and oxygen atoms in total. The van der Waals surface area contributed by atoms with Crippen molar-refractivity contribution in [2.24, 2.45) is 17.3 Å². The van der Waals surface area contributed by atoms with E-state index in [1.807, 2.05) is 25.1 Å². The van der Waals surface area contributed by atoms with Gasteiger partial charge in [0.25, 0.3) is 0 Å². The molecule has 0 spiro atoms. The van der Waals surface area contributed by atoms with Crippen LogP contribution in [-0.4, -0.2) is 15.2 Å². The molecule has 1 aromatic carbocycles. The minimum atomic E-state index is 0.137. The lowest BCUT2D eigenvalue weighted by molar-refractivity contribution is -0.123. The van der Waals surface area contributed by atoms with Gasteiger partial charge < -0.3 is 9.73 Å². The molecule has 2 atom stereocenters. The fourth-order valence-electron chi connectivity index (χ4n) is 6.21. The van der Waals surface area contributed by atoms with Gasteiger partial charge >= 0.3 is 0 Å². The van der Waals surface area contributed by atoms with E-state index in [1.54, 1.807) is 0 Å². The lowest BCUT2D eigenvalue weighted by Crippen LogP contribution is -2.53. The number of fused-ring (bicyclic) bond motifs is 1. The summed E-state index contributed by atoms with van der Waals surface area (Å²) in [4.78, 5) is 17.1. The van der Waals surface area contributed by atoms with Crippen molar-refractivity contribution in [1.82, 2.24) is 4.98 Å². The van der Waals surface area contributed by atoms with Gasteiger partial charge in [0.05, 0.1) is 0 Å². The molecule has 5 heteroatoms. The molecule has 4 bridgehead atoms. The van der Waals surface area contributed by atoms with Gasteiger partial charge in [0.1, 0.15) is 5.52 Å². The predicted octanol–water partition coefficient (Wildman–Crippen LogP) is 5.20. The molecular formula is C20H23BrN2O2. The van der Waals surface area contributed by atoms with Crippen molar-refractivity contribution in [3.05, 3.63) is 24.1 Å². The third kappa shape index (κ3) is 2.80. The number of aryl methyl sites for hydroxylation is 1. The zero-order chi connectivity index (χ0) is 17.2. The Morgan fingerprint density at radius 2 is 2.08 bits per heavy atom. The number of halogens is 1. The minimum Gasteiger partial charge on any atom is -0.441 e. The van der Waals surface area contributed by atoms with Crippen LogP contribution in [0, 0.1) is 24.2 Å². The molecule has 0 aliphatic heterocycles. The lowest BCUT2D eigenvalue weighted by atomic mass is 9.48. The normalized spacial score (nSPS) is 36.1. The number of hydrogen-bond acceptors (Lipinski definition) is 3. The van der Waals surface area contributed by atoms with Crippen LogP contribution in [0.2, 0.25) is 0 Å². The number of alkyl halides is 1. The molecule has 6 rings (SSSR count). The summed E-state index contributed by atoms with van der Waals surface area (Å²) < 4.78 is 5.80. The third-order valence-corrected chi connectivity index (χ3v) is 7.35. The standard InChI is InChI=1S/C20H23BrN2O2/c1-12-22-16-5-15(2-3-17(16)25-12)23-18(24)10-19-6-13-4-14(7-19)9-20(21,8-13)11-19/h2-3,5,13-14H,4,6-11H2,1H3,(H,23,24). The molecule has 2 aromatic rings. The fourth-order valence-corrected chi connectivity index (χ4v) is 7.72. The van der Waals surface area contributed by atoms with Crippen LogP contribution in [0.1, 0.15) is 50.8 Å². The van der Waals surface area contributed by atoms with E-state index >= 15 is 0 Å². The van der Waals surface area contributed by atoms with Gasteiger partial charge in [0, 0.05) is 23.4 Å². The topological polar surface area (TPSA) is 55.1 Å². The van der Waals surface area contributed by atoms with E-state index in [4.69, 9.17) is 4.42 Å². The molecule has 1 heterocycles. The second-order valence-corrected chi connectivity index (χ2v) is 10.4. The monoisotopic (exact) mass is 402 g/mol. The second kappa shape index (κ2) is 5.32. The number of nitrogens with one attached hydrogen (secondary N) is 1. The quantitative estimate of drug-likeness (QED) is 0.717. The SMILES string of the molecule is Cc1nc2cc(NC(=O)CC34CC5CC(CC(Br)(C5)C3)C4)ccc2o1. The van der Waals surface area contributed by atoms with Gasteiger partial charge in [-0.15, -0.1) is 0 Å². The van der Waals surface area contributed by atoms with Crippen molar-refractivity contribution in [3.63, 3.8) is 0 Å². The Morgan fingerprint density at radius 1 is 1.32 bits per heavy atom. The van der Waals surface area contributed by atoms with Crippen LogP contribution in [-0.2, 0) is 4.79 Å². The Kier molecular flexibility index (Phi) is 3.38. The average molecular weight is 403 g/mol. The first-order chi connectivity index (χ1) is 11.9. The number of aromatic nitrogens is 1. The highest BCUT2D eigenvalue weighted by atomic mass is 79.9. The van der Waals surface area contributed by atoms with E-state index in [2.05, 4.69) is 26.2 Å². The maximum atomic E-state index is 12.8. The maximum Gasteiger partial charge on any atom is 0.224 e. The van der Waals surface area contributed by atoms with Crippen LogP contribution in [0.5, 0.6) is 0 Å². The first-order valence-electron chi connectivity index (χ1n) is 9.26. The molecular weight excluding hydrogens is 380 g/mol. The maximum absolute atomic E-state index is 12.8. The number of nitrogens with zero attached hydrogens (tertiary/aromatic N) is 1. The summed E-state index contributed by atoms with van der Waals surface area (Å²) in [6, 6.07) is 5.68. The number of amides is 1. The zero-order valence-corrected chi connectivity index (χ0v) is 16.1. The number of hydrogen-bond donors (Lipinski definition) is 1. The predicted molar refractivity (Wildman–Crippen MR) is 101 cm³/mol. The summed E-state index contributed by atoms with van der Waals surface area (Å²) in [6.45, 7) is 1.83. The number of benzene rings is 1. The Bertz CT molecular complexity index is 844. The van der Waals surface area contributed by atoms with Crippen LogP contribution < -0.4 is 5.32 Å². The molecule has 4 aliphatic carbocycles. The number of rotatable bonds is 3. The van der Waals surface area contributed by atoms with Crippen molar-refractivity contribution < 1.29 is 9.21 Å². The van der Waals surface area contributed by atoms with Gasteiger partial charge in [-0.25, -0.2) is 4.98 Å². The number of carbonyl (C=O) groups is 1. The van der Waals surface area contributed by atoms with Gasteiger partial charge in [-0.2, -0.15) is 0 Å². The second-order valence-electron chi connectivity index (χ2n) is 8.75. The van der Waals surface area contributed by atoms with Crippen LogP contribution in [0.25, 0.3) is 11.1 Å². The molecule has 4 saturated carbocycles. The molecule has 1 N–H and O–H groups in total. The summed E-state index contributed by atoms with van der Waals surface area (Å²) in [5.41, 5.74) is 2.57. The van der Waals surface area contributed by atoms with Gasteiger partial charge in [0.15, 0.2) is 11.5 Å². The number of oxazole rings is 1. The summed E-state index contributed by atoms with van der Waals surface area (Å²) >= 11 is 4.03. The molecule has 2 unspecified atom stereocenters. The molecule has 4 fully saturated rings. The number of carbonyl (C=O) groups excluding carboxylic acids is 1. The highest BCUT2D eigenvalue weighted by molar-refractivity contribution is 9.10. The Morgan fingerprint density at radius 3 is 2.80 bits per heavy atom. The van der Waals surface area contributed by atoms with Crippen molar-refractivity contribution >= 4 is 38.6 Å². The van der Waals surface area contributed by atoms with Crippen molar-refractivity contribution in [1.29, 1.82) is 0 Å². The zero-order valence-electron chi connectivity index (χ0n) is 14.5. The van der Waals surface area contributed by atoms with E-state index in [0.29, 0.717) is 16.6 Å². The Labute approximate surface area is 155 Å². The van der Waals surface area contributed by atoms with E-state index in [-0.39, 0.29) is 11.3 Å². The summed E-state index contributed by atoms with van der Waals surface area (Å²) in [6.07, 6.45) is 8.23. The van der Waals surface area contributed by atoms with Gasteiger partial charge in [0.2, 0.25) is 5.91 Å². The summed E-state index contributed by atoms with van der Waals surface area (Å²) in [5, 5.41) is 3.09. The van der Waals surface area contributed by atoms with Gasteiger partial charge in [-0.3, -0.25) is 4.79 Å². The summed E-state index contributed by atoms with van der Waals surface area (Å²) in [5.74, 6) is 2.40. The van der Waals surface area contributed by atoms with E-state index < -0.39 is 0 Å². The number of anilines is 1. The van der Waals surface area contributed by atoms with E-state index in [1.165, 1.54) is 32.1 Å². The first kappa shape index (κ1) is 15.9.